The Morgan fingerprint density at radius 1 is 1.53 bits per heavy atom. The number of aryl methyl sites for hydroxylation is 1. The number of hydrogen-bond acceptors (Lipinski definition) is 3. The van der Waals surface area contributed by atoms with E-state index >= 15 is 0 Å². The van der Waals surface area contributed by atoms with Crippen molar-refractivity contribution in [2.45, 2.75) is 18.9 Å². The van der Waals surface area contributed by atoms with Gasteiger partial charge in [0, 0.05) is 25.0 Å². The summed E-state index contributed by atoms with van der Waals surface area (Å²) in [4.78, 5) is 4.40. The third kappa shape index (κ3) is 1.23. The number of nitrogens with one attached hydrogen (secondary N) is 2. The molecule has 0 spiro atoms. The first-order valence-corrected chi connectivity index (χ1v) is 5.71. The molecule has 3 rings (SSSR count). The molecule has 2 unspecified atom stereocenters. The third-order valence-electron chi connectivity index (χ3n) is 3.92. The highest BCUT2D eigenvalue weighted by molar-refractivity contribution is 5.33. The third-order valence-corrected chi connectivity index (χ3v) is 3.92. The van der Waals surface area contributed by atoms with E-state index < -0.39 is 0 Å². The minimum absolute atomic E-state index is 0.177. The van der Waals surface area contributed by atoms with Crippen molar-refractivity contribution in [1.29, 1.82) is 0 Å². The van der Waals surface area contributed by atoms with E-state index in [-0.39, 0.29) is 5.54 Å². The zero-order valence-corrected chi connectivity index (χ0v) is 9.09. The molecule has 2 atom stereocenters. The van der Waals surface area contributed by atoms with Gasteiger partial charge >= 0.3 is 0 Å². The van der Waals surface area contributed by atoms with Crippen LogP contribution in [-0.4, -0.2) is 24.6 Å². The molecule has 2 aliphatic heterocycles. The minimum atomic E-state index is 0.177. The number of pyridine rings is 1. The number of aromatic nitrogens is 1. The summed E-state index contributed by atoms with van der Waals surface area (Å²) in [6.07, 6.45) is 3.15. The number of rotatable bonds is 1. The van der Waals surface area contributed by atoms with Crippen molar-refractivity contribution >= 4 is 0 Å². The van der Waals surface area contributed by atoms with Gasteiger partial charge in [-0.1, -0.05) is 6.07 Å². The Morgan fingerprint density at radius 2 is 2.47 bits per heavy atom. The van der Waals surface area contributed by atoms with Crippen molar-refractivity contribution in [3.8, 4) is 0 Å². The molecule has 2 fully saturated rings. The number of hydrogen-bond donors (Lipinski definition) is 2. The molecule has 0 bridgehead atoms. The molecular weight excluding hydrogens is 186 g/mol. The summed E-state index contributed by atoms with van der Waals surface area (Å²) in [5.41, 5.74) is 2.73. The predicted octanol–water partition coefficient (Wildman–Crippen LogP) is 0.798. The molecule has 2 aliphatic rings. The van der Waals surface area contributed by atoms with Gasteiger partial charge in [-0.3, -0.25) is 4.98 Å². The highest BCUT2D eigenvalue weighted by atomic mass is 15.1. The Hall–Kier alpha value is -0.930. The van der Waals surface area contributed by atoms with Crippen LogP contribution in [-0.2, 0) is 5.54 Å². The molecule has 1 aromatic heterocycles. The van der Waals surface area contributed by atoms with Crippen molar-refractivity contribution in [3.63, 3.8) is 0 Å². The molecule has 0 radical (unpaired) electrons. The molecule has 0 aromatic carbocycles. The van der Waals surface area contributed by atoms with Crippen LogP contribution in [0, 0.1) is 12.8 Å². The first-order valence-electron chi connectivity index (χ1n) is 5.71. The van der Waals surface area contributed by atoms with E-state index in [1.165, 1.54) is 17.7 Å². The topological polar surface area (TPSA) is 37.0 Å². The van der Waals surface area contributed by atoms with Gasteiger partial charge in [-0.25, -0.2) is 0 Å². The van der Waals surface area contributed by atoms with Crippen LogP contribution in [0.5, 0.6) is 0 Å². The van der Waals surface area contributed by atoms with Crippen molar-refractivity contribution in [3.05, 3.63) is 29.6 Å². The van der Waals surface area contributed by atoms with Gasteiger partial charge in [0.2, 0.25) is 0 Å². The smallest absolute Gasteiger partial charge is 0.0620 e. The lowest BCUT2D eigenvalue weighted by atomic mass is 9.68. The SMILES string of the molecule is Cc1ncccc1C12CNCCC1CN2. The van der Waals surface area contributed by atoms with Crippen LogP contribution in [0.15, 0.2) is 18.3 Å². The second kappa shape index (κ2) is 3.29. The molecular formula is C12H17N3. The molecule has 3 heteroatoms. The van der Waals surface area contributed by atoms with Crippen molar-refractivity contribution in [1.82, 2.24) is 15.6 Å². The molecule has 15 heavy (non-hydrogen) atoms. The predicted molar refractivity (Wildman–Crippen MR) is 59.6 cm³/mol. The summed E-state index contributed by atoms with van der Waals surface area (Å²) >= 11 is 0. The summed E-state index contributed by atoms with van der Waals surface area (Å²) in [7, 11) is 0. The van der Waals surface area contributed by atoms with Gasteiger partial charge in [-0.05, 0) is 37.4 Å². The van der Waals surface area contributed by atoms with E-state index in [0.29, 0.717) is 0 Å². The van der Waals surface area contributed by atoms with Crippen LogP contribution < -0.4 is 10.6 Å². The largest absolute Gasteiger partial charge is 0.315 e. The van der Waals surface area contributed by atoms with Gasteiger partial charge in [0.1, 0.15) is 0 Å². The average Bonchev–Trinajstić information content (AvgIpc) is 2.22. The van der Waals surface area contributed by atoms with E-state index in [4.69, 9.17) is 0 Å². The average molecular weight is 203 g/mol. The maximum atomic E-state index is 4.40. The molecule has 1 aromatic rings. The molecule has 3 heterocycles. The van der Waals surface area contributed by atoms with Crippen LogP contribution >= 0.6 is 0 Å². The van der Waals surface area contributed by atoms with Crippen molar-refractivity contribution in [2.24, 2.45) is 5.92 Å². The van der Waals surface area contributed by atoms with Crippen molar-refractivity contribution in [2.75, 3.05) is 19.6 Å². The van der Waals surface area contributed by atoms with Crippen LogP contribution in [0.2, 0.25) is 0 Å². The zero-order chi connectivity index (χ0) is 10.3. The summed E-state index contributed by atoms with van der Waals surface area (Å²) < 4.78 is 0. The van der Waals surface area contributed by atoms with Crippen LogP contribution in [0.1, 0.15) is 17.7 Å². The van der Waals surface area contributed by atoms with Gasteiger partial charge in [0.25, 0.3) is 0 Å². The second-order valence-electron chi connectivity index (χ2n) is 4.65. The van der Waals surface area contributed by atoms with Crippen LogP contribution in [0.25, 0.3) is 0 Å². The number of fused-ring (bicyclic) bond motifs is 1. The molecule has 0 amide bonds. The normalized spacial score (nSPS) is 34.3. The molecule has 0 saturated carbocycles. The highest BCUT2D eigenvalue weighted by Crippen LogP contribution is 2.40. The van der Waals surface area contributed by atoms with Gasteiger partial charge in [-0.15, -0.1) is 0 Å². The standard InChI is InChI=1S/C12H17N3/c1-9-11(3-2-5-14-9)12-8-13-6-4-10(12)7-15-12/h2-3,5,10,13,15H,4,6-8H2,1H3. The monoisotopic (exact) mass is 203 g/mol. The van der Waals surface area contributed by atoms with Gasteiger partial charge in [-0.2, -0.15) is 0 Å². The fourth-order valence-electron chi connectivity index (χ4n) is 2.98. The quantitative estimate of drug-likeness (QED) is 0.709. The maximum absolute atomic E-state index is 4.40. The van der Waals surface area contributed by atoms with E-state index in [0.717, 1.165) is 25.6 Å². The fourth-order valence-corrected chi connectivity index (χ4v) is 2.98. The van der Waals surface area contributed by atoms with E-state index in [1.807, 2.05) is 12.3 Å². The first kappa shape index (κ1) is 9.31. The Bertz CT molecular complexity index is 377. The maximum Gasteiger partial charge on any atom is 0.0620 e. The molecule has 80 valence electrons. The molecule has 3 nitrogen and oxygen atoms in total. The van der Waals surface area contributed by atoms with Crippen molar-refractivity contribution < 1.29 is 0 Å². The first-order chi connectivity index (χ1) is 7.33. The Kier molecular flexibility index (Phi) is 2.04. The summed E-state index contributed by atoms with van der Waals surface area (Å²) in [5.74, 6) is 0.793. The zero-order valence-electron chi connectivity index (χ0n) is 9.09. The molecule has 2 N–H and O–H groups in total. The summed E-state index contributed by atoms with van der Waals surface area (Å²) in [6.45, 7) is 5.48. The second-order valence-corrected chi connectivity index (χ2v) is 4.65. The lowest BCUT2D eigenvalue weighted by Crippen LogP contribution is -2.69. The van der Waals surface area contributed by atoms with E-state index in [1.54, 1.807) is 0 Å². The lowest BCUT2D eigenvalue weighted by molar-refractivity contribution is 0.0614. The van der Waals surface area contributed by atoms with Gasteiger partial charge in [0.15, 0.2) is 0 Å². The number of piperidine rings is 1. The Labute approximate surface area is 90.3 Å². The van der Waals surface area contributed by atoms with Crippen LogP contribution in [0.3, 0.4) is 0 Å². The molecule has 0 aliphatic carbocycles. The highest BCUT2D eigenvalue weighted by Gasteiger charge is 2.49. The van der Waals surface area contributed by atoms with E-state index in [9.17, 15) is 0 Å². The minimum Gasteiger partial charge on any atom is -0.315 e. The summed E-state index contributed by atoms with van der Waals surface area (Å²) in [5, 5.41) is 7.11. The van der Waals surface area contributed by atoms with Crippen LogP contribution in [0.4, 0.5) is 0 Å². The molecule has 2 saturated heterocycles. The Balaban J connectivity index is 2.01. The van der Waals surface area contributed by atoms with Gasteiger partial charge < -0.3 is 10.6 Å². The van der Waals surface area contributed by atoms with E-state index in [2.05, 4.69) is 28.6 Å². The summed E-state index contributed by atoms with van der Waals surface area (Å²) in [6, 6.07) is 4.26. The lowest BCUT2D eigenvalue weighted by Gasteiger charge is -2.54. The van der Waals surface area contributed by atoms with Gasteiger partial charge in [0.05, 0.1) is 5.54 Å². The number of nitrogens with zero attached hydrogens (tertiary/aromatic N) is 1. The Morgan fingerprint density at radius 3 is 3.13 bits per heavy atom. The fraction of sp³-hybridized carbons (Fsp3) is 0.583.